The highest BCUT2D eigenvalue weighted by atomic mass is 19.4. The maximum Gasteiger partial charge on any atom is 0.408 e. The molecule has 9 heteroatoms. The molecule has 0 aromatic heterocycles. The Bertz CT molecular complexity index is 428. The van der Waals surface area contributed by atoms with Crippen LogP contribution < -0.4 is 10.6 Å². The molecule has 0 aromatic rings. The Hall–Kier alpha value is -1.80. The van der Waals surface area contributed by atoms with E-state index in [1.165, 1.54) is 20.8 Å². The number of rotatable bonds is 5. The molecular weight excluding hydrogens is 305 g/mol. The van der Waals surface area contributed by atoms with Crippen LogP contribution in [0, 0.1) is 0 Å². The number of carbonyl (C=O) groups is 3. The number of amides is 2. The first-order valence-corrected chi connectivity index (χ1v) is 6.62. The topological polar surface area (TPSA) is 84.5 Å². The lowest BCUT2D eigenvalue weighted by molar-refractivity contribution is -0.152. The third kappa shape index (κ3) is 9.19. The van der Waals surface area contributed by atoms with Crippen molar-refractivity contribution in [2.24, 2.45) is 0 Å². The second-order valence-corrected chi connectivity index (χ2v) is 6.01. The highest BCUT2D eigenvalue weighted by molar-refractivity contribution is 6.38. The molecule has 128 valence electrons. The zero-order valence-electron chi connectivity index (χ0n) is 13.1. The van der Waals surface area contributed by atoms with Gasteiger partial charge in [-0.25, -0.2) is 4.79 Å². The summed E-state index contributed by atoms with van der Waals surface area (Å²) in [5.41, 5.74) is -0.948. The van der Waals surface area contributed by atoms with Crippen molar-refractivity contribution in [3.63, 3.8) is 0 Å². The summed E-state index contributed by atoms with van der Waals surface area (Å²) in [5.74, 6) is -2.57. The second-order valence-electron chi connectivity index (χ2n) is 6.01. The van der Waals surface area contributed by atoms with Gasteiger partial charge in [-0.3, -0.25) is 9.59 Å². The van der Waals surface area contributed by atoms with Gasteiger partial charge in [0.1, 0.15) is 11.6 Å². The van der Waals surface area contributed by atoms with Crippen molar-refractivity contribution in [3.05, 3.63) is 0 Å². The summed E-state index contributed by atoms with van der Waals surface area (Å²) >= 11 is 0. The molecule has 1 atom stereocenters. The molecule has 0 aliphatic carbocycles. The van der Waals surface area contributed by atoms with Crippen LogP contribution in [0.4, 0.5) is 18.0 Å². The molecule has 0 spiro atoms. The molecule has 0 fully saturated rings. The molecule has 2 amide bonds. The largest absolute Gasteiger partial charge is 0.444 e. The van der Waals surface area contributed by atoms with E-state index in [0.29, 0.717) is 0 Å². The van der Waals surface area contributed by atoms with Crippen LogP contribution in [0.2, 0.25) is 0 Å². The van der Waals surface area contributed by atoms with Crippen molar-refractivity contribution in [1.82, 2.24) is 10.6 Å². The maximum atomic E-state index is 12.5. The Morgan fingerprint density at radius 3 is 1.91 bits per heavy atom. The van der Waals surface area contributed by atoms with E-state index in [1.54, 1.807) is 19.2 Å². The van der Waals surface area contributed by atoms with E-state index in [9.17, 15) is 27.6 Å². The van der Waals surface area contributed by atoms with Gasteiger partial charge in [0, 0.05) is 6.04 Å². The normalized spacial score (nSPS) is 13.5. The predicted octanol–water partition coefficient (Wildman–Crippen LogP) is 1.93. The standard InChI is InChI=1S/C13H21F3N2O4/c1-7(2)17-10(20)9(19)8(6-13(14,15)16)18-11(21)22-12(3,4)5/h7-8H,6H2,1-5H3,(H,17,20)(H,18,21). The Morgan fingerprint density at radius 2 is 1.55 bits per heavy atom. The van der Waals surface area contributed by atoms with Gasteiger partial charge in [-0.15, -0.1) is 0 Å². The number of Topliss-reactive ketones (excluding diaryl/α,β-unsaturated/α-hetero) is 1. The Labute approximate surface area is 126 Å². The number of alkyl halides is 3. The lowest BCUT2D eigenvalue weighted by Gasteiger charge is -2.23. The molecule has 0 saturated heterocycles. The molecule has 1 unspecified atom stereocenters. The first kappa shape index (κ1) is 20.2. The molecule has 0 aliphatic heterocycles. The summed E-state index contributed by atoms with van der Waals surface area (Å²) in [4.78, 5) is 34.8. The Kier molecular flexibility index (Phi) is 6.85. The van der Waals surface area contributed by atoms with E-state index in [2.05, 4.69) is 5.32 Å². The molecule has 6 nitrogen and oxygen atoms in total. The van der Waals surface area contributed by atoms with Crippen LogP contribution in [0.25, 0.3) is 0 Å². The van der Waals surface area contributed by atoms with Crippen molar-refractivity contribution in [1.29, 1.82) is 0 Å². The molecule has 22 heavy (non-hydrogen) atoms. The summed E-state index contributed by atoms with van der Waals surface area (Å²) in [6.07, 6.45) is -7.59. The van der Waals surface area contributed by atoms with Crippen LogP contribution in [-0.4, -0.2) is 41.6 Å². The average Bonchev–Trinajstić information content (AvgIpc) is 2.21. The van der Waals surface area contributed by atoms with Gasteiger partial charge in [0.2, 0.25) is 5.78 Å². The van der Waals surface area contributed by atoms with Crippen molar-refractivity contribution in [3.8, 4) is 0 Å². The number of ether oxygens (including phenoxy) is 1. The van der Waals surface area contributed by atoms with Crippen LogP contribution >= 0.6 is 0 Å². The third-order valence-electron chi connectivity index (χ3n) is 2.09. The van der Waals surface area contributed by atoms with Gasteiger partial charge in [0.15, 0.2) is 0 Å². The smallest absolute Gasteiger partial charge is 0.408 e. The van der Waals surface area contributed by atoms with Crippen molar-refractivity contribution in [2.75, 3.05) is 0 Å². The quantitative estimate of drug-likeness (QED) is 0.756. The Morgan fingerprint density at radius 1 is 1.05 bits per heavy atom. The SMILES string of the molecule is CC(C)NC(=O)C(=O)C(CC(F)(F)F)NC(=O)OC(C)(C)C. The van der Waals surface area contributed by atoms with Crippen LogP contribution in [-0.2, 0) is 14.3 Å². The molecule has 0 bridgehead atoms. The maximum absolute atomic E-state index is 12.5. The molecule has 0 aliphatic rings. The summed E-state index contributed by atoms with van der Waals surface area (Å²) in [5, 5.41) is 3.97. The highest BCUT2D eigenvalue weighted by Crippen LogP contribution is 2.22. The second kappa shape index (κ2) is 7.46. The number of ketones is 1. The minimum Gasteiger partial charge on any atom is -0.444 e. The van der Waals surface area contributed by atoms with E-state index >= 15 is 0 Å². The van der Waals surface area contributed by atoms with Gasteiger partial charge in [0.25, 0.3) is 5.91 Å². The molecule has 0 radical (unpaired) electrons. The zero-order chi connectivity index (χ0) is 17.7. The number of hydrogen-bond acceptors (Lipinski definition) is 4. The minimum absolute atomic E-state index is 0.426. The third-order valence-corrected chi connectivity index (χ3v) is 2.09. The lowest BCUT2D eigenvalue weighted by atomic mass is 10.1. The van der Waals surface area contributed by atoms with Crippen LogP contribution in [0.3, 0.4) is 0 Å². The molecule has 0 saturated carbocycles. The van der Waals surface area contributed by atoms with Crippen LogP contribution in [0.1, 0.15) is 41.0 Å². The van der Waals surface area contributed by atoms with Gasteiger partial charge in [0.05, 0.1) is 6.42 Å². The van der Waals surface area contributed by atoms with Gasteiger partial charge in [-0.2, -0.15) is 13.2 Å². The summed E-state index contributed by atoms with van der Waals surface area (Å²) in [7, 11) is 0. The lowest BCUT2D eigenvalue weighted by Crippen LogP contribution is -2.51. The number of halogens is 3. The highest BCUT2D eigenvalue weighted by Gasteiger charge is 2.39. The Balaban J connectivity index is 5.01. The monoisotopic (exact) mass is 326 g/mol. The summed E-state index contributed by atoms with van der Waals surface area (Å²) in [6, 6.07) is -2.46. The van der Waals surface area contributed by atoms with Gasteiger partial charge < -0.3 is 15.4 Å². The fourth-order valence-electron chi connectivity index (χ4n) is 1.38. The molecule has 2 N–H and O–H groups in total. The fourth-order valence-corrected chi connectivity index (χ4v) is 1.38. The van der Waals surface area contributed by atoms with Crippen LogP contribution in [0.15, 0.2) is 0 Å². The summed E-state index contributed by atoms with van der Waals surface area (Å²) < 4.78 is 42.3. The first-order chi connectivity index (χ1) is 9.71. The van der Waals surface area contributed by atoms with Gasteiger partial charge in [-0.05, 0) is 34.6 Å². The van der Waals surface area contributed by atoms with E-state index in [4.69, 9.17) is 4.74 Å². The molecule has 0 rings (SSSR count). The van der Waals surface area contributed by atoms with Gasteiger partial charge >= 0.3 is 12.3 Å². The van der Waals surface area contributed by atoms with E-state index in [-0.39, 0.29) is 0 Å². The molecular formula is C13H21F3N2O4. The number of hydrogen-bond donors (Lipinski definition) is 2. The van der Waals surface area contributed by atoms with E-state index < -0.39 is 48.1 Å². The predicted molar refractivity (Wildman–Crippen MR) is 72.1 cm³/mol. The first-order valence-electron chi connectivity index (χ1n) is 6.62. The number of carbonyl (C=O) groups excluding carboxylic acids is 3. The van der Waals surface area contributed by atoms with Crippen molar-refractivity contribution in [2.45, 2.75) is 64.9 Å². The van der Waals surface area contributed by atoms with E-state index in [1.807, 2.05) is 0 Å². The van der Waals surface area contributed by atoms with E-state index in [0.717, 1.165) is 0 Å². The van der Waals surface area contributed by atoms with Crippen molar-refractivity contribution >= 4 is 17.8 Å². The minimum atomic E-state index is -4.73. The summed E-state index contributed by atoms with van der Waals surface area (Å²) in [6.45, 7) is 7.63. The zero-order valence-corrected chi connectivity index (χ0v) is 13.1. The number of nitrogens with one attached hydrogen (secondary N) is 2. The number of alkyl carbamates (subject to hydrolysis) is 1. The van der Waals surface area contributed by atoms with Gasteiger partial charge in [-0.1, -0.05) is 0 Å². The average molecular weight is 326 g/mol. The van der Waals surface area contributed by atoms with Crippen molar-refractivity contribution < 1.29 is 32.3 Å². The molecule has 0 aromatic carbocycles. The van der Waals surface area contributed by atoms with Crippen LogP contribution in [0.5, 0.6) is 0 Å². The molecule has 0 heterocycles. The fraction of sp³-hybridized carbons (Fsp3) is 0.769.